The van der Waals surface area contributed by atoms with Crippen molar-refractivity contribution >= 4 is 31.4 Å². The van der Waals surface area contributed by atoms with Crippen molar-refractivity contribution in [3.8, 4) is 5.75 Å². The third-order valence-electron chi connectivity index (χ3n) is 4.25. The molecule has 0 saturated carbocycles. The second-order valence-electron chi connectivity index (χ2n) is 6.46. The van der Waals surface area contributed by atoms with Gasteiger partial charge in [-0.2, -0.15) is 9.52 Å². The number of ether oxygens (including phenoxy) is 1. The van der Waals surface area contributed by atoms with Crippen molar-refractivity contribution < 1.29 is 21.6 Å². The second kappa shape index (κ2) is 7.44. The van der Waals surface area contributed by atoms with Crippen molar-refractivity contribution in [2.45, 2.75) is 12.5 Å². The molecule has 0 spiro atoms. The van der Waals surface area contributed by atoms with Gasteiger partial charge >= 0.3 is 0 Å². The van der Waals surface area contributed by atoms with Crippen LogP contribution in [0.15, 0.2) is 53.6 Å². The highest BCUT2D eigenvalue weighted by atomic mass is 32.2. The van der Waals surface area contributed by atoms with Crippen molar-refractivity contribution in [2.75, 3.05) is 24.3 Å². The third kappa shape index (κ3) is 4.28. The van der Waals surface area contributed by atoms with Crippen LogP contribution < -0.4 is 9.46 Å². The summed E-state index contributed by atoms with van der Waals surface area (Å²) >= 11 is 0. The molecule has 1 aliphatic rings. The first-order chi connectivity index (χ1) is 13.1. The number of rotatable bonds is 6. The predicted octanol–water partition coefficient (Wildman–Crippen LogP) is 2.18. The molecule has 2 aromatic carbocycles. The maximum absolute atomic E-state index is 12.4. The van der Waals surface area contributed by atoms with Crippen LogP contribution >= 0.6 is 0 Å². The average molecular weight is 424 g/mol. The van der Waals surface area contributed by atoms with E-state index in [1.807, 2.05) is 12.1 Å². The minimum Gasteiger partial charge on any atom is -0.496 e. The molecule has 0 radical (unpaired) electrons. The van der Waals surface area contributed by atoms with E-state index in [4.69, 9.17) is 4.74 Å². The highest BCUT2D eigenvalue weighted by Gasteiger charge is 2.36. The van der Waals surface area contributed by atoms with Crippen LogP contribution in [0.5, 0.6) is 5.75 Å². The van der Waals surface area contributed by atoms with Crippen molar-refractivity contribution in [1.82, 2.24) is 4.41 Å². The van der Waals surface area contributed by atoms with Gasteiger partial charge in [0.15, 0.2) is 0 Å². The maximum Gasteiger partial charge on any atom is 0.247 e. The quantitative estimate of drug-likeness (QED) is 0.767. The lowest BCUT2D eigenvalue weighted by Crippen LogP contribution is -2.27. The molecule has 0 aromatic heterocycles. The molecule has 1 N–H and O–H groups in total. The molecule has 1 atom stereocenters. The number of anilines is 1. The zero-order valence-corrected chi connectivity index (χ0v) is 17.3. The van der Waals surface area contributed by atoms with Crippen molar-refractivity contribution in [2.24, 2.45) is 5.10 Å². The minimum absolute atomic E-state index is 0.274. The molecular weight excluding hydrogens is 402 g/mol. The Hall–Kier alpha value is -2.59. The van der Waals surface area contributed by atoms with E-state index in [0.29, 0.717) is 28.3 Å². The number of nitrogens with zero attached hydrogens (tertiary/aromatic N) is 2. The highest BCUT2D eigenvalue weighted by molar-refractivity contribution is 7.92. The molecule has 0 fully saturated rings. The molecule has 0 bridgehead atoms. The summed E-state index contributed by atoms with van der Waals surface area (Å²) in [6.07, 6.45) is 2.39. The first-order valence-corrected chi connectivity index (χ1v) is 12.1. The molecule has 1 aliphatic heterocycles. The van der Waals surface area contributed by atoms with E-state index in [1.165, 1.54) is 7.11 Å². The summed E-state index contributed by atoms with van der Waals surface area (Å²) in [5, 5.41) is 4.34. The zero-order chi connectivity index (χ0) is 20.5. The largest absolute Gasteiger partial charge is 0.496 e. The molecule has 2 aromatic rings. The number of methoxy groups -OCH3 is 1. The number of hydrogen-bond donors (Lipinski definition) is 1. The van der Waals surface area contributed by atoms with Crippen molar-refractivity contribution in [1.29, 1.82) is 0 Å². The van der Waals surface area contributed by atoms with E-state index in [1.54, 1.807) is 36.4 Å². The van der Waals surface area contributed by atoms with Crippen LogP contribution in [0.3, 0.4) is 0 Å². The van der Waals surface area contributed by atoms with Gasteiger partial charge in [-0.25, -0.2) is 16.8 Å². The Kier molecular flexibility index (Phi) is 5.35. The number of hydrogen-bond acceptors (Lipinski definition) is 6. The SMILES string of the molecule is COc1ccccc1C1=NN(S(C)(=O)=O)[C@@H](c2ccccc2NS(C)(=O)=O)C1. The first-order valence-electron chi connectivity index (χ1n) is 8.37. The van der Waals surface area contributed by atoms with Gasteiger partial charge in [0, 0.05) is 17.5 Å². The molecule has 150 valence electrons. The molecule has 3 rings (SSSR count). The van der Waals surface area contributed by atoms with Crippen LogP contribution in [0.1, 0.15) is 23.6 Å². The standard InChI is InChI=1S/C18H21N3O5S2/c1-26-18-11-7-5-9-14(18)16-12-17(21(19-16)28(3,24)25)13-8-4-6-10-15(13)20-27(2,22)23/h4-11,17,20H,12H2,1-3H3/t17-/m1/s1. The fraction of sp³-hybridized carbons (Fsp3) is 0.278. The van der Waals surface area contributed by atoms with E-state index >= 15 is 0 Å². The Bertz CT molecular complexity index is 1130. The van der Waals surface area contributed by atoms with E-state index < -0.39 is 26.1 Å². The summed E-state index contributed by atoms with van der Waals surface area (Å²) in [7, 11) is -5.69. The second-order valence-corrected chi connectivity index (χ2v) is 10.1. The predicted molar refractivity (Wildman–Crippen MR) is 108 cm³/mol. The number of nitrogens with one attached hydrogen (secondary N) is 1. The molecular formula is C18H21N3O5S2. The van der Waals surface area contributed by atoms with Crippen LogP contribution in [0.25, 0.3) is 0 Å². The van der Waals surface area contributed by atoms with Gasteiger partial charge < -0.3 is 4.74 Å². The molecule has 28 heavy (non-hydrogen) atoms. The molecule has 1 heterocycles. The normalized spacial score (nSPS) is 17.3. The zero-order valence-electron chi connectivity index (χ0n) is 15.7. The van der Waals surface area contributed by atoms with E-state index in [-0.39, 0.29) is 6.42 Å². The smallest absolute Gasteiger partial charge is 0.247 e. The Labute approximate surface area is 164 Å². The van der Waals surface area contributed by atoms with Crippen LogP contribution in [0.2, 0.25) is 0 Å². The highest BCUT2D eigenvalue weighted by Crippen LogP contribution is 2.39. The van der Waals surface area contributed by atoms with E-state index in [2.05, 4.69) is 9.82 Å². The molecule has 10 heteroatoms. The van der Waals surface area contributed by atoms with Gasteiger partial charge in [-0.05, 0) is 18.2 Å². The fourth-order valence-corrected chi connectivity index (χ4v) is 4.63. The Balaban J connectivity index is 2.09. The molecule has 0 amide bonds. The lowest BCUT2D eigenvalue weighted by molar-refractivity contribution is 0.375. The van der Waals surface area contributed by atoms with Gasteiger partial charge in [0.1, 0.15) is 5.75 Å². The van der Waals surface area contributed by atoms with Gasteiger partial charge in [0.2, 0.25) is 20.0 Å². The van der Waals surface area contributed by atoms with E-state index in [9.17, 15) is 16.8 Å². The van der Waals surface area contributed by atoms with Crippen LogP contribution in [0, 0.1) is 0 Å². The summed E-state index contributed by atoms with van der Waals surface area (Å²) in [6.45, 7) is 0. The lowest BCUT2D eigenvalue weighted by atomic mass is 9.97. The minimum atomic E-state index is -3.69. The number of benzene rings is 2. The van der Waals surface area contributed by atoms with Crippen molar-refractivity contribution in [3.63, 3.8) is 0 Å². The average Bonchev–Trinajstić information content (AvgIpc) is 3.06. The summed E-state index contributed by atoms with van der Waals surface area (Å²) in [4.78, 5) is 0. The number of sulfonamides is 2. The number of hydrazone groups is 1. The maximum atomic E-state index is 12.4. The Morgan fingerprint density at radius 3 is 2.32 bits per heavy atom. The topological polar surface area (TPSA) is 105 Å². The van der Waals surface area contributed by atoms with Gasteiger partial charge in [-0.3, -0.25) is 4.72 Å². The lowest BCUT2D eigenvalue weighted by Gasteiger charge is -2.23. The Morgan fingerprint density at radius 1 is 1.04 bits per heavy atom. The fourth-order valence-electron chi connectivity index (χ4n) is 3.15. The van der Waals surface area contributed by atoms with Crippen LogP contribution in [-0.4, -0.2) is 46.6 Å². The summed E-state index contributed by atoms with van der Waals surface area (Å²) in [5.74, 6) is 0.581. The summed E-state index contributed by atoms with van der Waals surface area (Å²) in [6, 6.07) is 13.2. The summed E-state index contributed by atoms with van der Waals surface area (Å²) in [5.41, 5.74) is 2.07. The van der Waals surface area contributed by atoms with Crippen molar-refractivity contribution in [3.05, 3.63) is 59.7 Å². The molecule has 8 nitrogen and oxygen atoms in total. The van der Waals surface area contributed by atoms with Gasteiger partial charge in [0.05, 0.1) is 37.1 Å². The molecule has 0 saturated heterocycles. The Morgan fingerprint density at radius 2 is 1.68 bits per heavy atom. The first kappa shape index (κ1) is 20.2. The van der Waals surface area contributed by atoms with Gasteiger partial charge in [-0.1, -0.05) is 30.3 Å². The summed E-state index contributed by atoms with van der Waals surface area (Å²) < 4.78 is 57.1. The molecule has 0 unspecified atom stereocenters. The molecule has 0 aliphatic carbocycles. The van der Waals surface area contributed by atoms with Crippen LogP contribution in [0.4, 0.5) is 5.69 Å². The number of para-hydroxylation sites is 2. The third-order valence-corrected chi connectivity index (χ3v) is 5.85. The van der Waals surface area contributed by atoms with Gasteiger partial charge in [-0.15, -0.1) is 0 Å². The van der Waals surface area contributed by atoms with Gasteiger partial charge in [0.25, 0.3) is 0 Å². The van der Waals surface area contributed by atoms with E-state index in [0.717, 1.165) is 16.9 Å². The van der Waals surface area contributed by atoms with Crippen LogP contribution in [-0.2, 0) is 20.0 Å². The monoisotopic (exact) mass is 423 g/mol.